The van der Waals surface area contributed by atoms with Crippen molar-refractivity contribution in [1.82, 2.24) is 16.1 Å². The molecular weight excluding hydrogens is 475 g/mol. The van der Waals surface area contributed by atoms with Gasteiger partial charge in [0.15, 0.2) is 0 Å². The molecule has 37 heavy (non-hydrogen) atoms. The number of carbonyl (C=O) groups is 3. The number of hydrogen-bond acceptors (Lipinski definition) is 4. The van der Waals surface area contributed by atoms with Crippen LogP contribution >= 0.6 is 0 Å². The zero-order valence-corrected chi connectivity index (χ0v) is 22.1. The Kier molecular flexibility index (Phi) is 8.11. The molecule has 4 saturated carbocycles. The van der Waals surface area contributed by atoms with Crippen LogP contribution in [-0.2, 0) is 4.79 Å². The van der Waals surface area contributed by atoms with Crippen LogP contribution in [0.2, 0.25) is 0 Å². The van der Waals surface area contributed by atoms with Crippen molar-refractivity contribution in [3.05, 3.63) is 29.6 Å². The first-order chi connectivity index (χ1) is 17.5. The van der Waals surface area contributed by atoms with E-state index in [0.717, 1.165) is 51.0 Å². The van der Waals surface area contributed by atoms with E-state index < -0.39 is 5.82 Å². The molecule has 2 atom stereocenters. The number of halogens is 1. The SMILES string of the molecule is CC12CC3CC(C)(C1)CC(NC(=O)Nc1ccc(C(=O)NCCCCCCCC(=O)NO)cc1F)(C3)C2. The molecule has 9 heteroatoms. The first kappa shape index (κ1) is 27.4. The lowest BCUT2D eigenvalue weighted by molar-refractivity contribution is -0.129. The predicted octanol–water partition coefficient (Wildman–Crippen LogP) is 5.27. The Bertz CT molecular complexity index is 1010. The molecule has 0 aromatic heterocycles. The molecule has 5 rings (SSSR count). The lowest BCUT2D eigenvalue weighted by Gasteiger charge is -2.65. The van der Waals surface area contributed by atoms with Gasteiger partial charge < -0.3 is 16.0 Å². The highest BCUT2D eigenvalue weighted by molar-refractivity contribution is 5.95. The van der Waals surface area contributed by atoms with E-state index in [-0.39, 0.29) is 45.5 Å². The summed E-state index contributed by atoms with van der Waals surface area (Å²) >= 11 is 0. The molecule has 4 bridgehead atoms. The molecule has 4 amide bonds. The number of carbonyl (C=O) groups excluding carboxylic acids is 3. The highest BCUT2D eigenvalue weighted by Crippen LogP contribution is 2.66. The minimum atomic E-state index is -0.640. The van der Waals surface area contributed by atoms with Crippen molar-refractivity contribution < 1.29 is 24.0 Å². The van der Waals surface area contributed by atoms with Crippen molar-refractivity contribution in [3.8, 4) is 0 Å². The van der Waals surface area contributed by atoms with Gasteiger partial charge in [0.1, 0.15) is 5.82 Å². The Morgan fingerprint density at radius 2 is 1.65 bits per heavy atom. The van der Waals surface area contributed by atoms with Crippen LogP contribution in [-0.4, -0.2) is 35.1 Å². The lowest BCUT2D eigenvalue weighted by Crippen LogP contribution is -2.65. The Hall–Kier alpha value is -2.68. The maximum absolute atomic E-state index is 14.8. The third-order valence-electron chi connectivity index (χ3n) is 8.48. The summed E-state index contributed by atoms with van der Waals surface area (Å²) in [5.41, 5.74) is 2.19. The Morgan fingerprint density at radius 1 is 0.973 bits per heavy atom. The number of nitrogens with one attached hydrogen (secondary N) is 4. The number of hydrogen-bond donors (Lipinski definition) is 5. The van der Waals surface area contributed by atoms with Crippen LogP contribution in [0, 0.1) is 22.6 Å². The second-order valence-corrected chi connectivity index (χ2v) is 12.5. The van der Waals surface area contributed by atoms with E-state index in [2.05, 4.69) is 29.8 Å². The van der Waals surface area contributed by atoms with Crippen LogP contribution in [0.5, 0.6) is 0 Å². The fourth-order valence-corrected chi connectivity index (χ4v) is 8.04. The van der Waals surface area contributed by atoms with Crippen LogP contribution in [0.4, 0.5) is 14.9 Å². The van der Waals surface area contributed by atoms with Crippen LogP contribution in [0.15, 0.2) is 18.2 Å². The molecular formula is C28H41FN4O4. The monoisotopic (exact) mass is 516 g/mol. The van der Waals surface area contributed by atoms with Crippen molar-refractivity contribution in [2.45, 2.75) is 96.4 Å². The zero-order valence-electron chi connectivity index (χ0n) is 22.1. The summed E-state index contributed by atoms with van der Waals surface area (Å²) < 4.78 is 14.8. The molecule has 0 spiro atoms. The third-order valence-corrected chi connectivity index (χ3v) is 8.48. The number of hydroxylamine groups is 1. The first-order valence-corrected chi connectivity index (χ1v) is 13.6. The summed E-state index contributed by atoms with van der Waals surface area (Å²) in [4.78, 5) is 36.2. The quantitative estimate of drug-likeness (QED) is 0.156. The normalized spacial score (nSPS) is 29.6. The summed E-state index contributed by atoms with van der Waals surface area (Å²) in [6.45, 7) is 5.16. The summed E-state index contributed by atoms with van der Waals surface area (Å²) in [7, 11) is 0. The smallest absolute Gasteiger partial charge is 0.319 e. The average molecular weight is 517 g/mol. The second kappa shape index (κ2) is 11.0. The topological polar surface area (TPSA) is 120 Å². The van der Waals surface area contributed by atoms with Gasteiger partial charge in [0.2, 0.25) is 5.91 Å². The van der Waals surface area contributed by atoms with Crippen LogP contribution < -0.4 is 21.4 Å². The Labute approximate surface area is 218 Å². The predicted molar refractivity (Wildman–Crippen MR) is 139 cm³/mol. The molecule has 204 valence electrons. The molecule has 0 radical (unpaired) electrons. The largest absolute Gasteiger partial charge is 0.352 e. The number of amides is 4. The van der Waals surface area contributed by atoms with Crippen LogP contribution in [0.1, 0.15) is 101 Å². The molecule has 4 aliphatic carbocycles. The Balaban J connectivity index is 1.21. The van der Waals surface area contributed by atoms with Gasteiger partial charge >= 0.3 is 6.03 Å². The van der Waals surface area contributed by atoms with Gasteiger partial charge in [-0.25, -0.2) is 14.7 Å². The number of rotatable bonds is 11. The van der Waals surface area contributed by atoms with Crippen molar-refractivity contribution >= 4 is 23.5 Å². The van der Waals surface area contributed by atoms with Gasteiger partial charge in [-0.2, -0.15) is 0 Å². The van der Waals surface area contributed by atoms with E-state index >= 15 is 0 Å². The molecule has 8 nitrogen and oxygen atoms in total. The van der Waals surface area contributed by atoms with Gasteiger partial charge in [0.05, 0.1) is 5.69 Å². The summed E-state index contributed by atoms with van der Waals surface area (Å²) in [5.74, 6) is -0.738. The molecule has 1 aromatic rings. The highest BCUT2D eigenvalue weighted by atomic mass is 19.1. The minimum absolute atomic E-state index is 0.0612. The first-order valence-electron chi connectivity index (χ1n) is 13.6. The lowest BCUT2D eigenvalue weighted by atomic mass is 9.43. The fraction of sp³-hybridized carbons (Fsp3) is 0.679. The molecule has 5 N–H and O–H groups in total. The minimum Gasteiger partial charge on any atom is -0.352 e. The van der Waals surface area contributed by atoms with E-state index in [1.807, 2.05) is 0 Å². The molecule has 4 fully saturated rings. The van der Waals surface area contributed by atoms with E-state index in [9.17, 15) is 18.8 Å². The van der Waals surface area contributed by atoms with E-state index in [1.54, 1.807) is 5.48 Å². The van der Waals surface area contributed by atoms with Gasteiger partial charge in [0, 0.05) is 24.1 Å². The van der Waals surface area contributed by atoms with Crippen molar-refractivity contribution in [2.75, 3.05) is 11.9 Å². The Morgan fingerprint density at radius 3 is 2.30 bits per heavy atom. The van der Waals surface area contributed by atoms with E-state index in [1.165, 1.54) is 31.4 Å². The molecule has 2 unspecified atom stereocenters. The van der Waals surface area contributed by atoms with Gasteiger partial charge in [0.25, 0.3) is 5.91 Å². The molecule has 1 aromatic carbocycles. The van der Waals surface area contributed by atoms with Gasteiger partial charge in [-0.3, -0.25) is 14.8 Å². The second-order valence-electron chi connectivity index (χ2n) is 12.5. The molecule has 4 aliphatic rings. The molecule has 0 heterocycles. The van der Waals surface area contributed by atoms with Crippen molar-refractivity contribution in [3.63, 3.8) is 0 Å². The fourth-order valence-electron chi connectivity index (χ4n) is 8.04. The average Bonchev–Trinajstić information content (AvgIpc) is 2.78. The standard InChI is InChI=1S/C28H41FN4O4/c1-26-13-19-14-27(2,16-26)18-28(15-19,17-26)32-25(36)31-22-10-9-20(12-21(22)29)24(35)30-11-7-5-3-4-6-8-23(34)33-37/h9-10,12,19,37H,3-8,11,13-18H2,1-2H3,(H,30,35)(H,33,34)(H2,31,32,36). The van der Waals surface area contributed by atoms with Gasteiger partial charge in [-0.1, -0.05) is 33.1 Å². The van der Waals surface area contributed by atoms with E-state index in [0.29, 0.717) is 25.3 Å². The van der Waals surface area contributed by atoms with Crippen LogP contribution in [0.3, 0.4) is 0 Å². The third kappa shape index (κ3) is 6.80. The summed E-state index contributed by atoms with van der Waals surface area (Å²) in [6.07, 6.45) is 11.1. The molecule has 0 saturated heterocycles. The summed E-state index contributed by atoms with van der Waals surface area (Å²) in [6, 6.07) is 3.73. The maximum Gasteiger partial charge on any atom is 0.319 e. The van der Waals surface area contributed by atoms with Gasteiger partial charge in [-0.05, 0) is 86.3 Å². The van der Waals surface area contributed by atoms with E-state index in [4.69, 9.17) is 5.21 Å². The zero-order chi connectivity index (χ0) is 26.7. The summed E-state index contributed by atoms with van der Waals surface area (Å²) in [5, 5.41) is 17.1. The number of unbranched alkanes of at least 4 members (excludes halogenated alkanes) is 4. The highest BCUT2D eigenvalue weighted by Gasteiger charge is 2.60. The number of anilines is 1. The van der Waals surface area contributed by atoms with Crippen molar-refractivity contribution in [2.24, 2.45) is 16.7 Å². The van der Waals surface area contributed by atoms with Gasteiger partial charge in [-0.15, -0.1) is 0 Å². The number of benzene rings is 1. The van der Waals surface area contributed by atoms with Crippen LogP contribution in [0.25, 0.3) is 0 Å². The molecule has 0 aliphatic heterocycles. The maximum atomic E-state index is 14.8. The number of urea groups is 1. The van der Waals surface area contributed by atoms with Crippen molar-refractivity contribution in [1.29, 1.82) is 0 Å².